The zero-order valence-electron chi connectivity index (χ0n) is 18.9. The number of rotatable bonds is 6. The standard InChI is InChI=1S/C26H24ClNO5S/c1-14(2)13-33-20-9-6-16(11-15(20)3)24(30)22-23(21-5-4-10-34-21)28(26(32)25(22)31)18-12-17(27)7-8-19(18)29/h4-12,14,23,29-30H,13H2,1-3H3/b24-22-. The molecule has 1 fully saturated rings. The van der Waals surface area contributed by atoms with Crippen LogP contribution in [-0.2, 0) is 9.59 Å². The number of aromatic hydroxyl groups is 1. The molecule has 2 aromatic carbocycles. The third-order valence-electron chi connectivity index (χ3n) is 5.47. The van der Waals surface area contributed by atoms with Crippen LogP contribution >= 0.6 is 22.9 Å². The van der Waals surface area contributed by atoms with Gasteiger partial charge in [0.2, 0.25) is 0 Å². The zero-order chi connectivity index (χ0) is 24.6. The summed E-state index contributed by atoms with van der Waals surface area (Å²) in [6.07, 6.45) is 0. The summed E-state index contributed by atoms with van der Waals surface area (Å²) in [6.45, 7) is 6.51. The molecule has 0 saturated carbocycles. The van der Waals surface area contributed by atoms with Crippen LogP contribution in [0, 0.1) is 12.8 Å². The molecule has 176 valence electrons. The Hall–Kier alpha value is -3.29. The second kappa shape index (κ2) is 9.52. The van der Waals surface area contributed by atoms with Crippen molar-refractivity contribution in [2.24, 2.45) is 5.92 Å². The number of nitrogens with zero attached hydrogens (tertiary/aromatic N) is 1. The number of hydrogen-bond acceptors (Lipinski definition) is 6. The van der Waals surface area contributed by atoms with Gasteiger partial charge in [0.15, 0.2) is 0 Å². The lowest BCUT2D eigenvalue weighted by atomic mass is 9.98. The number of carbonyl (C=O) groups excluding carboxylic acids is 2. The Morgan fingerprint density at radius 3 is 2.59 bits per heavy atom. The molecular weight excluding hydrogens is 474 g/mol. The molecule has 0 spiro atoms. The Labute approximate surface area is 206 Å². The van der Waals surface area contributed by atoms with Gasteiger partial charge in [-0.3, -0.25) is 14.5 Å². The number of aliphatic hydroxyl groups is 1. The first-order valence-electron chi connectivity index (χ1n) is 10.8. The monoisotopic (exact) mass is 497 g/mol. The van der Waals surface area contributed by atoms with E-state index >= 15 is 0 Å². The number of phenols is 1. The molecule has 1 saturated heterocycles. The van der Waals surface area contributed by atoms with E-state index in [-0.39, 0.29) is 22.8 Å². The maximum atomic E-state index is 13.2. The number of benzene rings is 2. The van der Waals surface area contributed by atoms with E-state index in [1.807, 2.05) is 12.3 Å². The number of aryl methyl sites for hydroxylation is 1. The molecule has 0 radical (unpaired) electrons. The SMILES string of the molecule is Cc1cc(/C(O)=C2/C(=O)C(=O)N(c3cc(Cl)ccc3O)C2c2cccs2)ccc1OCC(C)C. The van der Waals surface area contributed by atoms with Gasteiger partial charge >= 0.3 is 0 Å². The van der Waals surface area contributed by atoms with Gasteiger partial charge in [-0.2, -0.15) is 0 Å². The molecule has 0 aliphatic carbocycles. The Bertz CT molecular complexity index is 1280. The molecule has 1 amide bonds. The normalized spacial score (nSPS) is 17.6. The molecule has 34 heavy (non-hydrogen) atoms. The predicted octanol–water partition coefficient (Wildman–Crippen LogP) is 6.08. The number of halogens is 1. The molecule has 4 rings (SSSR count). The second-order valence-corrected chi connectivity index (χ2v) is 9.92. The van der Waals surface area contributed by atoms with E-state index in [4.69, 9.17) is 16.3 Å². The summed E-state index contributed by atoms with van der Waals surface area (Å²) in [7, 11) is 0. The summed E-state index contributed by atoms with van der Waals surface area (Å²) in [5.74, 6) is -1.14. The number of hydrogen-bond donors (Lipinski definition) is 2. The first kappa shape index (κ1) is 23.9. The Morgan fingerprint density at radius 1 is 1.18 bits per heavy atom. The van der Waals surface area contributed by atoms with E-state index in [2.05, 4.69) is 13.8 Å². The van der Waals surface area contributed by atoms with Gasteiger partial charge in [-0.05, 0) is 66.2 Å². The molecule has 1 aliphatic rings. The molecule has 1 aromatic heterocycles. The average molecular weight is 498 g/mol. The largest absolute Gasteiger partial charge is 0.507 e. The highest BCUT2D eigenvalue weighted by Gasteiger charge is 2.48. The smallest absolute Gasteiger partial charge is 0.300 e. The molecule has 1 unspecified atom stereocenters. The van der Waals surface area contributed by atoms with Crippen molar-refractivity contribution in [3.63, 3.8) is 0 Å². The van der Waals surface area contributed by atoms with E-state index in [0.29, 0.717) is 33.7 Å². The van der Waals surface area contributed by atoms with Crippen molar-refractivity contribution in [3.05, 3.63) is 80.5 Å². The van der Waals surface area contributed by atoms with Crippen LogP contribution in [0.2, 0.25) is 5.02 Å². The van der Waals surface area contributed by atoms with Gasteiger partial charge in [0, 0.05) is 15.5 Å². The Balaban J connectivity index is 1.84. The highest BCUT2D eigenvalue weighted by Crippen LogP contribution is 2.46. The first-order valence-corrected chi connectivity index (χ1v) is 12.0. The fourth-order valence-electron chi connectivity index (χ4n) is 3.86. The summed E-state index contributed by atoms with van der Waals surface area (Å²) in [4.78, 5) is 28.2. The molecular formula is C26H24ClNO5S. The van der Waals surface area contributed by atoms with Crippen LogP contribution in [0.4, 0.5) is 5.69 Å². The van der Waals surface area contributed by atoms with Gasteiger partial charge in [0.05, 0.1) is 17.9 Å². The third kappa shape index (κ3) is 4.41. The lowest BCUT2D eigenvalue weighted by molar-refractivity contribution is -0.132. The van der Waals surface area contributed by atoms with Crippen LogP contribution in [0.25, 0.3) is 5.76 Å². The molecule has 3 aromatic rings. The Morgan fingerprint density at radius 2 is 1.94 bits per heavy atom. The van der Waals surface area contributed by atoms with Crippen molar-refractivity contribution >= 4 is 46.1 Å². The second-order valence-electron chi connectivity index (χ2n) is 8.50. The lowest BCUT2D eigenvalue weighted by Crippen LogP contribution is -2.29. The number of phenolic OH excluding ortho intramolecular Hbond substituents is 1. The number of aliphatic hydroxyl groups excluding tert-OH is 1. The third-order valence-corrected chi connectivity index (χ3v) is 6.63. The summed E-state index contributed by atoms with van der Waals surface area (Å²) < 4.78 is 5.81. The van der Waals surface area contributed by atoms with E-state index in [1.54, 1.807) is 30.3 Å². The first-order chi connectivity index (χ1) is 16.2. The molecule has 2 N–H and O–H groups in total. The van der Waals surface area contributed by atoms with Crippen molar-refractivity contribution in [2.75, 3.05) is 11.5 Å². The fraction of sp³-hybridized carbons (Fsp3) is 0.231. The van der Waals surface area contributed by atoms with Crippen molar-refractivity contribution in [1.82, 2.24) is 0 Å². The molecule has 8 heteroatoms. The number of anilines is 1. The minimum Gasteiger partial charge on any atom is -0.507 e. The highest BCUT2D eigenvalue weighted by atomic mass is 35.5. The number of thiophene rings is 1. The van der Waals surface area contributed by atoms with Crippen LogP contribution in [-0.4, -0.2) is 28.5 Å². The molecule has 1 atom stereocenters. The van der Waals surface area contributed by atoms with Gasteiger partial charge in [-0.1, -0.05) is 31.5 Å². The van der Waals surface area contributed by atoms with Crippen molar-refractivity contribution in [3.8, 4) is 11.5 Å². The van der Waals surface area contributed by atoms with E-state index in [9.17, 15) is 19.8 Å². The summed E-state index contributed by atoms with van der Waals surface area (Å²) in [5, 5.41) is 23.8. The van der Waals surface area contributed by atoms with E-state index in [1.165, 1.54) is 34.4 Å². The molecule has 0 bridgehead atoms. The van der Waals surface area contributed by atoms with Crippen LogP contribution in [0.1, 0.15) is 35.9 Å². The topological polar surface area (TPSA) is 87.1 Å². The van der Waals surface area contributed by atoms with Gasteiger partial charge in [0.25, 0.3) is 11.7 Å². The molecule has 2 heterocycles. The van der Waals surface area contributed by atoms with E-state index in [0.717, 1.165) is 5.56 Å². The number of ketones is 1. The number of carbonyl (C=O) groups is 2. The predicted molar refractivity (Wildman–Crippen MR) is 134 cm³/mol. The van der Waals surface area contributed by atoms with Crippen LogP contribution in [0.15, 0.2) is 59.5 Å². The molecule has 6 nitrogen and oxygen atoms in total. The number of Topliss-reactive ketones (excluding diaryl/α,β-unsaturated/α-hetero) is 1. The van der Waals surface area contributed by atoms with Crippen molar-refractivity contribution in [2.45, 2.75) is 26.8 Å². The molecule has 1 aliphatic heterocycles. The van der Waals surface area contributed by atoms with Gasteiger partial charge < -0.3 is 14.9 Å². The van der Waals surface area contributed by atoms with Gasteiger partial charge in [-0.25, -0.2) is 0 Å². The summed E-state index contributed by atoms with van der Waals surface area (Å²) >= 11 is 7.46. The number of ether oxygens (including phenoxy) is 1. The summed E-state index contributed by atoms with van der Waals surface area (Å²) in [5.41, 5.74) is 1.23. The fourth-order valence-corrected chi connectivity index (χ4v) is 4.85. The van der Waals surface area contributed by atoms with E-state index < -0.39 is 17.7 Å². The highest BCUT2D eigenvalue weighted by molar-refractivity contribution is 7.10. The quantitative estimate of drug-likeness (QED) is 0.245. The van der Waals surface area contributed by atoms with Crippen LogP contribution in [0.5, 0.6) is 11.5 Å². The van der Waals surface area contributed by atoms with Crippen molar-refractivity contribution < 1.29 is 24.5 Å². The maximum absolute atomic E-state index is 13.2. The zero-order valence-corrected chi connectivity index (χ0v) is 20.5. The minimum atomic E-state index is -0.915. The van der Waals surface area contributed by atoms with Gasteiger partial charge in [-0.15, -0.1) is 11.3 Å². The Kier molecular flexibility index (Phi) is 6.68. The summed E-state index contributed by atoms with van der Waals surface area (Å²) in [6, 6.07) is 12.1. The van der Waals surface area contributed by atoms with Crippen LogP contribution < -0.4 is 9.64 Å². The maximum Gasteiger partial charge on any atom is 0.300 e. The minimum absolute atomic E-state index is 0.0536. The number of amides is 1. The average Bonchev–Trinajstić information content (AvgIpc) is 3.41. The van der Waals surface area contributed by atoms with Crippen molar-refractivity contribution in [1.29, 1.82) is 0 Å². The van der Waals surface area contributed by atoms with Crippen LogP contribution in [0.3, 0.4) is 0 Å². The van der Waals surface area contributed by atoms with Gasteiger partial charge in [0.1, 0.15) is 23.3 Å². The lowest BCUT2D eigenvalue weighted by Gasteiger charge is -2.25.